The molecule has 0 aliphatic heterocycles. The number of hydrogen-bond acceptors (Lipinski definition) is 2. The second kappa shape index (κ2) is 7.04. The Morgan fingerprint density at radius 2 is 1.90 bits per heavy atom. The third-order valence-corrected chi connectivity index (χ3v) is 4.33. The highest BCUT2D eigenvalue weighted by atomic mass is 79.9. The van der Waals surface area contributed by atoms with E-state index in [1.807, 2.05) is 24.3 Å². The smallest absolute Gasteiger partial charge is 0.244 e. The third kappa shape index (κ3) is 4.18. The minimum absolute atomic E-state index is 0.0187. The van der Waals surface area contributed by atoms with Gasteiger partial charge in [0, 0.05) is 10.5 Å². The summed E-state index contributed by atoms with van der Waals surface area (Å²) in [6.07, 6.45) is 8.37. The number of nitrogens with one attached hydrogen (secondary N) is 1. The van der Waals surface area contributed by atoms with Crippen molar-refractivity contribution in [1.82, 2.24) is 5.32 Å². The number of aliphatic hydroxyl groups excluding tert-OH is 1. The Bertz CT molecular complexity index is 476. The first-order valence-electron chi connectivity index (χ1n) is 7.00. The highest BCUT2D eigenvalue weighted by Crippen LogP contribution is 2.27. The number of carbonyl (C=O) groups excluding carboxylic acids is 1. The summed E-state index contributed by atoms with van der Waals surface area (Å²) in [5, 5.41) is 12.5. The van der Waals surface area contributed by atoms with Crippen LogP contribution < -0.4 is 5.32 Å². The summed E-state index contributed by atoms with van der Waals surface area (Å²) in [5.41, 5.74) is 0.560. The van der Waals surface area contributed by atoms with Crippen LogP contribution in [0.2, 0.25) is 0 Å². The van der Waals surface area contributed by atoms with Gasteiger partial charge in [0.15, 0.2) is 0 Å². The second-order valence-corrected chi connectivity index (χ2v) is 6.29. The molecule has 0 atom stereocenters. The van der Waals surface area contributed by atoms with E-state index in [-0.39, 0.29) is 12.5 Å². The Kier molecular flexibility index (Phi) is 5.38. The fraction of sp³-hybridized carbons (Fsp3) is 0.438. The molecule has 1 aliphatic carbocycles. The van der Waals surface area contributed by atoms with E-state index in [0.717, 1.165) is 35.7 Å². The largest absolute Gasteiger partial charge is 0.394 e. The molecule has 1 saturated carbocycles. The standard InChI is InChI=1S/C16H20BrNO2/c17-14-7-4-13(5-8-14)6-9-15(20)18-16(12-19)10-2-1-3-11-16/h4-9,19H,1-3,10-12H2,(H,18,20). The zero-order valence-electron chi connectivity index (χ0n) is 11.4. The van der Waals surface area contributed by atoms with Gasteiger partial charge in [-0.05, 0) is 36.6 Å². The van der Waals surface area contributed by atoms with Crippen molar-refractivity contribution in [2.45, 2.75) is 37.6 Å². The molecular weight excluding hydrogens is 318 g/mol. The first-order valence-corrected chi connectivity index (χ1v) is 7.80. The fourth-order valence-corrected chi connectivity index (χ4v) is 2.86. The zero-order valence-corrected chi connectivity index (χ0v) is 13.0. The maximum absolute atomic E-state index is 12.0. The van der Waals surface area contributed by atoms with Crippen LogP contribution in [-0.2, 0) is 4.79 Å². The van der Waals surface area contributed by atoms with Crippen molar-refractivity contribution in [1.29, 1.82) is 0 Å². The van der Waals surface area contributed by atoms with Gasteiger partial charge >= 0.3 is 0 Å². The van der Waals surface area contributed by atoms with E-state index < -0.39 is 5.54 Å². The zero-order chi connectivity index (χ0) is 14.4. The molecule has 0 radical (unpaired) electrons. The highest BCUT2D eigenvalue weighted by molar-refractivity contribution is 9.10. The van der Waals surface area contributed by atoms with Crippen LogP contribution in [0.25, 0.3) is 6.08 Å². The SMILES string of the molecule is O=C(C=Cc1ccc(Br)cc1)NC1(CO)CCCCC1. The van der Waals surface area contributed by atoms with Gasteiger partial charge in [-0.1, -0.05) is 47.3 Å². The van der Waals surface area contributed by atoms with Crippen LogP contribution in [0.5, 0.6) is 0 Å². The maximum atomic E-state index is 12.0. The van der Waals surface area contributed by atoms with Gasteiger partial charge in [0.2, 0.25) is 5.91 Å². The molecule has 1 aromatic carbocycles. The predicted octanol–water partition coefficient (Wildman–Crippen LogP) is 3.27. The number of carbonyl (C=O) groups is 1. The minimum Gasteiger partial charge on any atom is -0.394 e. The van der Waals surface area contributed by atoms with Gasteiger partial charge in [0.25, 0.3) is 0 Å². The maximum Gasteiger partial charge on any atom is 0.244 e. The Balaban J connectivity index is 1.95. The van der Waals surface area contributed by atoms with E-state index in [9.17, 15) is 9.90 Å². The van der Waals surface area contributed by atoms with Crippen LogP contribution in [0.1, 0.15) is 37.7 Å². The molecule has 4 heteroatoms. The molecular formula is C16H20BrNO2. The van der Waals surface area contributed by atoms with Crippen LogP contribution >= 0.6 is 15.9 Å². The lowest BCUT2D eigenvalue weighted by Gasteiger charge is -2.36. The van der Waals surface area contributed by atoms with Crippen LogP contribution in [-0.4, -0.2) is 23.2 Å². The average molecular weight is 338 g/mol. The van der Waals surface area contributed by atoms with Crippen molar-refractivity contribution in [3.05, 3.63) is 40.4 Å². The Labute approximate surface area is 128 Å². The van der Waals surface area contributed by atoms with Crippen LogP contribution in [0.4, 0.5) is 0 Å². The quantitative estimate of drug-likeness (QED) is 0.828. The van der Waals surface area contributed by atoms with Crippen LogP contribution in [0.3, 0.4) is 0 Å². The Morgan fingerprint density at radius 3 is 2.50 bits per heavy atom. The van der Waals surface area contributed by atoms with Crippen molar-refractivity contribution < 1.29 is 9.90 Å². The number of aliphatic hydroxyl groups is 1. The van der Waals surface area contributed by atoms with Crippen molar-refractivity contribution in [2.24, 2.45) is 0 Å². The van der Waals surface area contributed by atoms with E-state index in [0.29, 0.717) is 0 Å². The molecule has 108 valence electrons. The molecule has 0 saturated heterocycles. The molecule has 1 amide bonds. The van der Waals surface area contributed by atoms with Crippen LogP contribution in [0, 0.1) is 0 Å². The average Bonchev–Trinajstić information content (AvgIpc) is 2.47. The predicted molar refractivity (Wildman–Crippen MR) is 84.2 cm³/mol. The van der Waals surface area contributed by atoms with Gasteiger partial charge in [-0.3, -0.25) is 4.79 Å². The molecule has 0 unspecified atom stereocenters. The van der Waals surface area contributed by atoms with Crippen molar-refractivity contribution in [2.75, 3.05) is 6.61 Å². The van der Waals surface area contributed by atoms with Crippen molar-refractivity contribution >= 4 is 27.9 Å². The molecule has 1 fully saturated rings. The first kappa shape index (κ1) is 15.3. The van der Waals surface area contributed by atoms with Crippen LogP contribution in [0.15, 0.2) is 34.8 Å². The molecule has 3 nitrogen and oxygen atoms in total. The summed E-state index contributed by atoms with van der Waals surface area (Å²) < 4.78 is 1.01. The van der Waals surface area contributed by atoms with Gasteiger partial charge in [-0.15, -0.1) is 0 Å². The van der Waals surface area contributed by atoms with E-state index in [1.54, 1.807) is 6.08 Å². The molecule has 0 bridgehead atoms. The fourth-order valence-electron chi connectivity index (χ4n) is 2.60. The molecule has 2 rings (SSSR count). The van der Waals surface area contributed by atoms with E-state index >= 15 is 0 Å². The number of amides is 1. The summed E-state index contributed by atoms with van der Waals surface area (Å²) in [6.45, 7) is 0.0187. The van der Waals surface area contributed by atoms with Crippen molar-refractivity contribution in [3.63, 3.8) is 0 Å². The van der Waals surface area contributed by atoms with Gasteiger partial charge in [0.1, 0.15) is 0 Å². The summed E-state index contributed by atoms with van der Waals surface area (Å²) in [4.78, 5) is 12.0. The minimum atomic E-state index is -0.417. The Morgan fingerprint density at radius 1 is 1.25 bits per heavy atom. The molecule has 2 N–H and O–H groups in total. The van der Waals surface area contributed by atoms with Gasteiger partial charge < -0.3 is 10.4 Å². The second-order valence-electron chi connectivity index (χ2n) is 5.37. The molecule has 0 spiro atoms. The third-order valence-electron chi connectivity index (χ3n) is 3.80. The number of benzene rings is 1. The Hall–Kier alpha value is -1.13. The number of halogens is 1. The van der Waals surface area contributed by atoms with Gasteiger partial charge in [-0.25, -0.2) is 0 Å². The lowest BCUT2D eigenvalue weighted by Crippen LogP contribution is -2.52. The normalized spacial score (nSPS) is 18.1. The topological polar surface area (TPSA) is 49.3 Å². The van der Waals surface area contributed by atoms with E-state index in [2.05, 4.69) is 21.2 Å². The summed E-state index contributed by atoms with van der Waals surface area (Å²) in [5.74, 6) is -0.135. The molecule has 1 aromatic rings. The van der Waals surface area contributed by atoms with E-state index in [1.165, 1.54) is 12.5 Å². The van der Waals surface area contributed by atoms with Gasteiger partial charge in [0.05, 0.1) is 12.1 Å². The first-order chi connectivity index (χ1) is 9.63. The van der Waals surface area contributed by atoms with Gasteiger partial charge in [-0.2, -0.15) is 0 Å². The lowest BCUT2D eigenvalue weighted by molar-refractivity contribution is -0.119. The van der Waals surface area contributed by atoms with Crippen molar-refractivity contribution in [3.8, 4) is 0 Å². The lowest BCUT2D eigenvalue weighted by atomic mass is 9.82. The number of hydrogen-bond donors (Lipinski definition) is 2. The molecule has 0 heterocycles. The molecule has 0 aromatic heterocycles. The molecule has 1 aliphatic rings. The molecule has 20 heavy (non-hydrogen) atoms. The summed E-state index contributed by atoms with van der Waals surface area (Å²) in [6, 6.07) is 7.76. The summed E-state index contributed by atoms with van der Waals surface area (Å²) in [7, 11) is 0. The summed E-state index contributed by atoms with van der Waals surface area (Å²) >= 11 is 3.38. The number of rotatable bonds is 4. The van der Waals surface area contributed by atoms with E-state index in [4.69, 9.17) is 0 Å². The monoisotopic (exact) mass is 337 g/mol. The highest BCUT2D eigenvalue weighted by Gasteiger charge is 2.32.